The van der Waals surface area contributed by atoms with Crippen LogP contribution < -0.4 is 5.73 Å². The summed E-state index contributed by atoms with van der Waals surface area (Å²) in [5.41, 5.74) is 5.94. The molecule has 1 aromatic rings. The third-order valence-electron chi connectivity index (χ3n) is 2.36. The van der Waals surface area contributed by atoms with Gasteiger partial charge in [0.1, 0.15) is 5.75 Å². The Morgan fingerprint density at radius 3 is 2.74 bits per heavy atom. The molecule has 0 radical (unpaired) electrons. The van der Waals surface area contributed by atoms with Crippen LogP contribution in [0.25, 0.3) is 0 Å². The quantitative estimate of drug-likeness (QED) is 0.319. The van der Waals surface area contributed by atoms with Gasteiger partial charge in [-0.05, 0) is 18.2 Å². The summed E-state index contributed by atoms with van der Waals surface area (Å²) >= 11 is 0. The van der Waals surface area contributed by atoms with Crippen molar-refractivity contribution in [3.8, 4) is 5.75 Å². The number of phenolic OH excluding ortho intramolecular Hbond substituents is 1. The molecule has 1 rings (SSSR count). The Bertz CT molecular complexity index is 408. The van der Waals surface area contributed by atoms with Gasteiger partial charge in [0.05, 0.1) is 31.1 Å². The number of ether oxygens (including phenoxy) is 3. The first-order valence-corrected chi connectivity index (χ1v) is 5.97. The largest absolute Gasteiger partial charge is 0.506 e. The van der Waals surface area contributed by atoms with Gasteiger partial charge in [0, 0.05) is 20.1 Å². The Labute approximate surface area is 112 Å². The zero-order valence-corrected chi connectivity index (χ0v) is 10.9. The average molecular weight is 269 g/mol. The number of nitrogen functional groups attached to an aromatic ring is 1. The van der Waals surface area contributed by atoms with Gasteiger partial charge in [-0.2, -0.15) is 0 Å². The van der Waals surface area contributed by atoms with E-state index in [0.717, 1.165) is 0 Å². The number of nitrogens with two attached hydrogens (primary N) is 1. The lowest BCUT2D eigenvalue weighted by Gasteiger charge is -2.06. The monoisotopic (exact) mass is 269 g/mol. The topological polar surface area (TPSA) is 91.0 Å². The van der Waals surface area contributed by atoms with Crippen LogP contribution in [0.4, 0.5) is 5.69 Å². The number of benzene rings is 1. The molecule has 0 aromatic heterocycles. The number of methoxy groups -OCH3 is 1. The van der Waals surface area contributed by atoms with E-state index in [1.54, 1.807) is 7.11 Å². The van der Waals surface area contributed by atoms with E-state index in [2.05, 4.69) is 0 Å². The second kappa shape index (κ2) is 8.34. The lowest BCUT2D eigenvalue weighted by molar-refractivity contribution is 0.0385. The Balaban J connectivity index is 2.22. The fourth-order valence-corrected chi connectivity index (χ4v) is 1.32. The van der Waals surface area contributed by atoms with Gasteiger partial charge in [-0.3, -0.25) is 0 Å². The van der Waals surface area contributed by atoms with E-state index in [1.165, 1.54) is 18.2 Å². The van der Waals surface area contributed by atoms with Gasteiger partial charge >= 0.3 is 5.97 Å². The van der Waals surface area contributed by atoms with Crippen LogP contribution in [0.1, 0.15) is 16.8 Å². The smallest absolute Gasteiger partial charge is 0.338 e. The van der Waals surface area contributed by atoms with E-state index in [0.29, 0.717) is 26.2 Å². The summed E-state index contributed by atoms with van der Waals surface area (Å²) in [7, 11) is 1.60. The lowest BCUT2D eigenvalue weighted by atomic mass is 10.2. The van der Waals surface area contributed by atoms with Crippen molar-refractivity contribution in [3.63, 3.8) is 0 Å². The highest BCUT2D eigenvalue weighted by Gasteiger charge is 2.09. The van der Waals surface area contributed by atoms with Crippen LogP contribution in [0.15, 0.2) is 18.2 Å². The minimum Gasteiger partial charge on any atom is -0.506 e. The number of hydrogen-bond donors (Lipinski definition) is 2. The van der Waals surface area contributed by atoms with Crippen molar-refractivity contribution in [3.05, 3.63) is 23.8 Å². The predicted molar refractivity (Wildman–Crippen MR) is 70.1 cm³/mol. The van der Waals surface area contributed by atoms with E-state index >= 15 is 0 Å². The highest BCUT2D eigenvalue weighted by Crippen LogP contribution is 2.20. The minimum atomic E-state index is -0.493. The standard InChI is InChI=1S/C13H19NO5/c1-17-7-8-18-5-2-6-19-13(16)10-3-4-11(14)12(15)9-10/h3-4,9,15H,2,5-8,14H2,1H3. The van der Waals surface area contributed by atoms with Crippen LogP contribution >= 0.6 is 0 Å². The lowest BCUT2D eigenvalue weighted by Crippen LogP contribution is -2.09. The second-order valence-corrected chi connectivity index (χ2v) is 3.87. The van der Waals surface area contributed by atoms with Gasteiger partial charge in [-0.25, -0.2) is 4.79 Å². The minimum absolute atomic E-state index is 0.127. The van der Waals surface area contributed by atoms with Crippen LogP contribution in [-0.2, 0) is 14.2 Å². The summed E-state index contributed by atoms with van der Waals surface area (Å²) in [6.45, 7) is 1.83. The van der Waals surface area contributed by atoms with Crippen LogP contribution in [-0.4, -0.2) is 44.6 Å². The van der Waals surface area contributed by atoms with E-state index in [1.807, 2.05) is 0 Å². The van der Waals surface area contributed by atoms with Gasteiger partial charge in [0.15, 0.2) is 0 Å². The van der Waals surface area contributed by atoms with E-state index in [-0.39, 0.29) is 23.6 Å². The number of phenols is 1. The molecule has 0 saturated carbocycles. The second-order valence-electron chi connectivity index (χ2n) is 3.87. The van der Waals surface area contributed by atoms with Crippen LogP contribution in [0.2, 0.25) is 0 Å². The van der Waals surface area contributed by atoms with Crippen molar-refractivity contribution >= 4 is 11.7 Å². The molecule has 19 heavy (non-hydrogen) atoms. The molecule has 0 bridgehead atoms. The molecule has 0 heterocycles. The molecule has 1 aromatic carbocycles. The van der Waals surface area contributed by atoms with Crippen LogP contribution in [0, 0.1) is 0 Å². The van der Waals surface area contributed by atoms with Crippen molar-refractivity contribution < 1.29 is 24.1 Å². The molecule has 0 unspecified atom stereocenters. The molecular formula is C13H19NO5. The molecule has 3 N–H and O–H groups in total. The number of carbonyl (C=O) groups excluding carboxylic acids is 1. The molecule has 0 saturated heterocycles. The first-order chi connectivity index (χ1) is 9.15. The van der Waals surface area contributed by atoms with Gasteiger partial charge in [0.25, 0.3) is 0 Å². The fraction of sp³-hybridized carbons (Fsp3) is 0.462. The molecule has 0 fully saturated rings. The SMILES string of the molecule is COCCOCCCOC(=O)c1ccc(N)c(O)c1. The molecule has 0 aliphatic rings. The Hall–Kier alpha value is -1.79. The van der Waals surface area contributed by atoms with Crippen molar-refractivity contribution in [1.82, 2.24) is 0 Å². The summed E-state index contributed by atoms with van der Waals surface area (Å²) in [5.74, 6) is -0.621. The highest BCUT2D eigenvalue weighted by molar-refractivity contribution is 5.90. The highest BCUT2D eigenvalue weighted by atomic mass is 16.5. The Morgan fingerprint density at radius 1 is 1.26 bits per heavy atom. The van der Waals surface area contributed by atoms with E-state index < -0.39 is 5.97 Å². The zero-order chi connectivity index (χ0) is 14.1. The maximum absolute atomic E-state index is 11.6. The Morgan fingerprint density at radius 2 is 2.05 bits per heavy atom. The summed E-state index contributed by atoms with van der Waals surface area (Å²) < 4.78 is 15.1. The van der Waals surface area contributed by atoms with Crippen molar-refractivity contribution in [2.45, 2.75) is 6.42 Å². The molecule has 106 valence electrons. The number of hydrogen-bond acceptors (Lipinski definition) is 6. The van der Waals surface area contributed by atoms with E-state index in [4.69, 9.17) is 19.9 Å². The molecule has 0 aliphatic heterocycles. The molecular weight excluding hydrogens is 250 g/mol. The maximum Gasteiger partial charge on any atom is 0.338 e. The first kappa shape index (κ1) is 15.3. The molecule has 0 amide bonds. The fourth-order valence-electron chi connectivity index (χ4n) is 1.32. The Kier molecular flexibility index (Phi) is 6.70. The molecule has 0 atom stereocenters. The molecule has 6 nitrogen and oxygen atoms in total. The third kappa shape index (κ3) is 5.58. The summed E-state index contributed by atoms with van der Waals surface area (Å²) in [5, 5.41) is 9.38. The van der Waals surface area contributed by atoms with E-state index in [9.17, 15) is 9.90 Å². The van der Waals surface area contributed by atoms with Gasteiger partial charge in [0.2, 0.25) is 0 Å². The summed E-state index contributed by atoms with van der Waals surface area (Å²) in [6.07, 6.45) is 0.608. The maximum atomic E-state index is 11.6. The number of rotatable bonds is 8. The number of aromatic hydroxyl groups is 1. The normalized spacial score (nSPS) is 10.4. The van der Waals surface area contributed by atoms with Gasteiger partial charge in [-0.15, -0.1) is 0 Å². The molecule has 6 heteroatoms. The number of carbonyl (C=O) groups is 1. The van der Waals surface area contributed by atoms with Crippen LogP contribution in [0.3, 0.4) is 0 Å². The summed E-state index contributed by atoms with van der Waals surface area (Å²) in [4.78, 5) is 11.6. The van der Waals surface area contributed by atoms with Crippen molar-refractivity contribution in [1.29, 1.82) is 0 Å². The van der Waals surface area contributed by atoms with Crippen molar-refractivity contribution in [2.75, 3.05) is 39.3 Å². The van der Waals surface area contributed by atoms with Gasteiger partial charge in [-0.1, -0.05) is 0 Å². The zero-order valence-electron chi connectivity index (χ0n) is 10.9. The average Bonchev–Trinajstić information content (AvgIpc) is 2.40. The summed E-state index contributed by atoms with van der Waals surface area (Å²) in [6, 6.07) is 4.25. The van der Waals surface area contributed by atoms with Crippen LogP contribution in [0.5, 0.6) is 5.75 Å². The molecule has 0 aliphatic carbocycles. The number of anilines is 1. The predicted octanol–water partition coefficient (Wildman–Crippen LogP) is 1.18. The van der Waals surface area contributed by atoms with Crippen molar-refractivity contribution in [2.24, 2.45) is 0 Å². The third-order valence-corrected chi connectivity index (χ3v) is 2.36. The molecule has 0 spiro atoms. The first-order valence-electron chi connectivity index (χ1n) is 5.97. The van der Waals surface area contributed by atoms with Gasteiger partial charge < -0.3 is 25.1 Å². The number of esters is 1.